The SMILES string of the molecule is Cc1c(C(N)=O)c(-c2ccc(F)cc2)c(C)n1C1CCCCCCC1. The molecule has 0 unspecified atom stereocenters. The number of nitrogens with zero attached hydrogens (tertiary/aromatic N) is 1. The number of rotatable bonds is 3. The average Bonchev–Trinajstić information content (AvgIpc) is 2.80. The van der Waals surface area contributed by atoms with E-state index in [9.17, 15) is 9.18 Å². The Hall–Kier alpha value is -2.10. The van der Waals surface area contributed by atoms with Gasteiger partial charge < -0.3 is 10.3 Å². The van der Waals surface area contributed by atoms with Gasteiger partial charge in [0, 0.05) is 23.0 Å². The van der Waals surface area contributed by atoms with Gasteiger partial charge in [-0.25, -0.2) is 4.39 Å². The standard InChI is InChI=1S/C21H27FN2O/c1-14-19(16-10-12-17(22)13-11-16)20(21(23)25)15(2)24(14)18-8-6-4-3-5-7-9-18/h10-13,18H,3-9H2,1-2H3,(H2,23,25). The van der Waals surface area contributed by atoms with Crippen LogP contribution in [0.25, 0.3) is 11.1 Å². The molecular weight excluding hydrogens is 315 g/mol. The minimum atomic E-state index is -0.412. The smallest absolute Gasteiger partial charge is 0.251 e. The van der Waals surface area contributed by atoms with Crippen LogP contribution in [-0.2, 0) is 0 Å². The van der Waals surface area contributed by atoms with E-state index in [1.165, 1.54) is 44.2 Å². The van der Waals surface area contributed by atoms with Crippen molar-refractivity contribution in [2.45, 2.75) is 64.8 Å². The first-order valence-corrected chi connectivity index (χ1v) is 9.28. The van der Waals surface area contributed by atoms with Gasteiger partial charge in [0.1, 0.15) is 5.82 Å². The van der Waals surface area contributed by atoms with E-state index in [0.29, 0.717) is 11.6 Å². The lowest BCUT2D eigenvalue weighted by atomic mass is 9.96. The molecule has 4 heteroatoms. The first-order valence-electron chi connectivity index (χ1n) is 9.28. The van der Waals surface area contributed by atoms with Crippen molar-refractivity contribution in [3.05, 3.63) is 47.0 Å². The van der Waals surface area contributed by atoms with E-state index in [0.717, 1.165) is 35.4 Å². The Morgan fingerprint density at radius 1 is 1.00 bits per heavy atom. The lowest BCUT2D eigenvalue weighted by molar-refractivity contribution is 0.1000. The highest BCUT2D eigenvalue weighted by atomic mass is 19.1. The zero-order chi connectivity index (χ0) is 18.0. The Morgan fingerprint density at radius 3 is 2.12 bits per heavy atom. The summed E-state index contributed by atoms with van der Waals surface area (Å²) in [6, 6.07) is 6.73. The van der Waals surface area contributed by atoms with Crippen LogP contribution in [0.2, 0.25) is 0 Å². The van der Waals surface area contributed by atoms with Crippen LogP contribution in [0.4, 0.5) is 4.39 Å². The molecule has 1 aromatic heterocycles. The van der Waals surface area contributed by atoms with Crippen molar-refractivity contribution < 1.29 is 9.18 Å². The molecule has 3 rings (SSSR count). The van der Waals surface area contributed by atoms with E-state index >= 15 is 0 Å². The molecular formula is C21H27FN2O. The lowest BCUT2D eigenvalue weighted by Crippen LogP contribution is -2.16. The van der Waals surface area contributed by atoms with Gasteiger partial charge in [-0.2, -0.15) is 0 Å². The van der Waals surface area contributed by atoms with Crippen LogP contribution in [0.3, 0.4) is 0 Å². The molecule has 3 nitrogen and oxygen atoms in total. The van der Waals surface area contributed by atoms with Gasteiger partial charge in [-0.3, -0.25) is 4.79 Å². The van der Waals surface area contributed by atoms with Crippen LogP contribution in [0, 0.1) is 19.7 Å². The van der Waals surface area contributed by atoms with Crippen LogP contribution in [0.15, 0.2) is 24.3 Å². The lowest BCUT2D eigenvalue weighted by Gasteiger charge is -2.25. The number of aromatic nitrogens is 1. The molecule has 1 aliphatic carbocycles. The maximum absolute atomic E-state index is 13.3. The molecule has 0 atom stereocenters. The number of halogens is 1. The molecule has 2 N–H and O–H groups in total. The topological polar surface area (TPSA) is 48.0 Å². The first kappa shape index (κ1) is 17.7. The zero-order valence-corrected chi connectivity index (χ0v) is 15.1. The van der Waals surface area contributed by atoms with Crippen LogP contribution < -0.4 is 5.73 Å². The number of hydrogen-bond acceptors (Lipinski definition) is 1. The molecule has 1 aliphatic rings. The van der Waals surface area contributed by atoms with Gasteiger partial charge in [0.2, 0.25) is 0 Å². The third-order valence-corrected chi connectivity index (χ3v) is 5.52. The number of nitrogens with two attached hydrogens (primary N) is 1. The molecule has 1 aromatic carbocycles. The molecule has 0 radical (unpaired) electrons. The summed E-state index contributed by atoms with van der Waals surface area (Å²) < 4.78 is 15.6. The number of carbonyl (C=O) groups excluding carboxylic acids is 1. The maximum atomic E-state index is 13.3. The Balaban J connectivity index is 2.12. The van der Waals surface area contributed by atoms with Gasteiger partial charge in [-0.15, -0.1) is 0 Å². The number of amides is 1. The molecule has 1 amide bonds. The average molecular weight is 342 g/mol. The Labute approximate surface area is 149 Å². The Kier molecular flexibility index (Phi) is 5.26. The van der Waals surface area contributed by atoms with E-state index in [2.05, 4.69) is 11.5 Å². The fraction of sp³-hybridized carbons (Fsp3) is 0.476. The highest BCUT2D eigenvalue weighted by Crippen LogP contribution is 2.37. The predicted molar refractivity (Wildman–Crippen MR) is 99.2 cm³/mol. The van der Waals surface area contributed by atoms with Crippen molar-refractivity contribution in [1.82, 2.24) is 4.57 Å². The fourth-order valence-corrected chi connectivity index (χ4v) is 4.37. The summed E-state index contributed by atoms with van der Waals surface area (Å²) in [7, 11) is 0. The molecule has 0 bridgehead atoms. The van der Waals surface area contributed by atoms with Crippen LogP contribution >= 0.6 is 0 Å². The molecule has 1 fully saturated rings. The molecule has 0 aliphatic heterocycles. The summed E-state index contributed by atoms with van der Waals surface area (Å²) in [5.41, 5.74) is 10.00. The van der Waals surface area contributed by atoms with Gasteiger partial charge in [-0.1, -0.05) is 44.2 Å². The molecule has 0 saturated heterocycles. The van der Waals surface area contributed by atoms with E-state index in [4.69, 9.17) is 5.73 Å². The van der Waals surface area contributed by atoms with Crippen LogP contribution in [0.1, 0.15) is 72.7 Å². The first-order chi connectivity index (χ1) is 12.0. The number of primary amides is 1. The highest BCUT2D eigenvalue weighted by Gasteiger charge is 2.26. The highest BCUT2D eigenvalue weighted by molar-refractivity contribution is 6.02. The van der Waals surface area contributed by atoms with Crippen molar-refractivity contribution in [3.63, 3.8) is 0 Å². The van der Waals surface area contributed by atoms with E-state index in [1.807, 2.05) is 6.92 Å². The second-order valence-corrected chi connectivity index (χ2v) is 7.16. The number of carbonyl (C=O) groups is 1. The second-order valence-electron chi connectivity index (χ2n) is 7.16. The molecule has 0 spiro atoms. The summed E-state index contributed by atoms with van der Waals surface area (Å²) in [4.78, 5) is 12.2. The van der Waals surface area contributed by atoms with Crippen LogP contribution in [-0.4, -0.2) is 10.5 Å². The molecule has 1 heterocycles. The zero-order valence-electron chi connectivity index (χ0n) is 15.1. The largest absolute Gasteiger partial charge is 0.366 e. The summed E-state index contributed by atoms with van der Waals surface area (Å²) in [5, 5.41) is 0. The third kappa shape index (κ3) is 3.48. The molecule has 134 valence electrons. The number of benzene rings is 1. The van der Waals surface area contributed by atoms with Gasteiger partial charge >= 0.3 is 0 Å². The summed E-state index contributed by atoms with van der Waals surface area (Å²) in [6.07, 6.45) is 8.60. The summed E-state index contributed by atoms with van der Waals surface area (Å²) >= 11 is 0. The monoisotopic (exact) mass is 342 g/mol. The Bertz CT molecular complexity index is 753. The van der Waals surface area contributed by atoms with Crippen molar-refractivity contribution in [2.75, 3.05) is 0 Å². The van der Waals surface area contributed by atoms with E-state index in [-0.39, 0.29) is 5.82 Å². The van der Waals surface area contributed by atoms with Crippen molar-refractivity contribution in [3.8, 4) is 11.1 Å². The minimum Gasteiger partial charge on any atom is -0.366 e. The van der Waals surface area contributed by atoms with Crippen molar-refractivity contribution >= 4 is 5.91 Å². The fourth-order valence-electron chi connectivity index (χ4n) is 4.37. The van der Waals surface area contributed by atoms with Gasteiger partial charge in [0.15, 0.2) is 0 Å². The molecule has 25 heavy (non-hydrogen) atoms. The second kappa shape index (κ2) is 7.42. The van der Waals surface area contributed by atoms with Gasteiger partial charge in [0.25, 0.3) is 5.91 Å². The minimum absolute atomic E-state index is 0.279. The van der Waals surface area contributed by atoms with E-state index < -0.39 is 5.91 Å². The van der Waals surface area contributed by atoms with Crippen molar-refractivity contribution in [2.24, 2.45) is 5.73 Å². The van der Waals surface area contributed by atoms with Crippen LogP contribution in [0.5, 0.6) is 0 Å². The predicted octanol–water partition coefficient (Wildman–Crippen LogP) is 5.30. The van der Waals surface area contributed by atoms with E-state index in [1.54, 1.807) is 12.1 Å². The summed E-state index contributed by atoms with van der Waals surface area (Å²) in [6.45, 7) is 4.04. The summed E-state index contributed by atoms with van der Waals surface area (Å²) in [5.74, 6) is -0.692. The van der Waals surface area contributed by atoms with Gasteiger partial charge in [-0.05, 0) is 44.4 Å². The van der Waals surface area contributed by atoms with Crippen molar-refractivity contribution in [1.29, 1.82) is 0 Å². The maximum Gasteiger partial charge on any atom is 0.251 e. The molecule has 1 saturated carbocycles. The molecule has 2 aromatic rings. The third-order valence-electron chi connectivity index (χ3n) is 5.52. The number of hydrogen-bond donors (Lipinski definition) is 1. The Morgan fingerprint density at radius 2 is 1.56 bits per heavy atom. The normalized spacial score (nSPS) is 16.4. The quantitative estimate of drug-likeness (QED) is 0.809. The van der Waals surface area contributed by atoms with Gasteiger partial charge in [0.05, 0.1) is 5.56 Å².